The molecule has 9 heteroatoms. The number of nitrogens with zero attached hydrogens (tertiary/aromatic N) is 3. The van der Waals surface area contributed by atoms with Crippen LogP contribution < -0.4 is 5.32 Å². The molecule has 0 spiro atoms. The van der Waals surface area contributed by atoms with E-state index in [1.165, 1.54) is 12.7 Å². The summed E-state index contributed by atoms with van der Waals surface area (Å²) in [6.45, 7) is -0.107. The lowest BCUT2D eigenvalue weighted by molar-refractivity contribution is -0.0436. The summed E-state index contributed by atoms with van der Waals surface area (Å²) in [6, 6.07) is 0. The molecule has 1 fully saturated rings. The van der Waals surface area contributed by atoms with E-state index in [0.717, 1.165) is 0 Å². The standard InChI is InChI=1S/C11H15ClN4O4/c12-7-9(19)6(2-17)20-11(7)16-4-15-8-5(18)1-13-3-14-10(8)16/h3-7,9,11,17-19H,1-2H2,(H,13,14)/t5-,6-,7+,9-,11-/m1/s1. The van der Waals surface area contributed by atoms with Crippen molar-refractivity contribution in [1.82, 2.24) is 9.55 Å². The molecule has 0 aliphatic carbocycles. The molecule has 0 saturated carbocycles. The Balaban J connectivity index is 1.94. The molecule has 20 heavy (non-hydrogen) atoms. The third kappa shape index (κ3) is 2.09. The molecule has 2 aliphatic heterocycles. The second kappa shape index (κ2) is 5.30. The van der Waals surface area contributed by atoms with Gasteiger partial charge in [-0.25, -0.2) is 4.98 Å². The quantitative estimate of drug-likeness (QED) is 0.534. The van der Waals surface area contributed by atoms with Crippen molar-refractivity contribution in [3.63, 3.8) is 0 Å². The second-order valence-corrected chi connectivity index (χ2v) is 5.23. The van der Waals surface area contributed by atoms with Gasteiger partial charge in [0.05, 0.1) is 25.8 Å². The van der Waals surface area contributed by atoms with E-state index < -0.39 is 29.9 Å². The highest BCUT2D eigenvalue weighted by Gasteiger charge is 2.44. The van der Waals surface area contributed by atoms with Crippen LogP contribution in [0.2, 0.25) is 0 Å². The zero-order valence-electron chi connectivity index (χ0n) is 10.4. The molecule has 1 aromatic rings. The van der Waals surface area contributed by atoms with Gasteiger partial charge in [-0.05, 0) is 0 Å². The predicted octanol–water partition coefficient (Wildman–Crippen LogP) is -0.772. The van der Waals surface area contributed by atoms with Gasteiger partial charge in [0.15, 0.2) is 6.23 Å². The van der Waals surface area contributed by atoms with Crippen LogP contribution in [0.15, 0.2) is 11.3 Å². The lowest BCUT2D eigenvalue weighted by Crippen LogP contribution is -2.30. The number of rotatable bonds is 2. The summed E-state index contributed by atoms with van der Waals surface area (Å²) in [4.78, 5) is 8.11. The fourth-order valence-electron chi connectivity index (χ4n) is 2.39. The molecule has 110 valence electrons. The first-order chi connectivity index (χ1) is 9.63. The lowest BCUT2D eigenvalue weighted by Gasteiger charge is -2.18. The monoisotopic (exact) mass is 302 g/mol. The minimum Gasteiger partial charge on any atom is -0.394 e. The van der Waals surface area contributed by atoms with Gasteiger partial charge >= 0.3 is 0 Å². The molecule has 2 aliphatic rings. The molecule has 8 nitrogen and oxygen atoms in total. The van der Waals surface area contributed by atoms with Crippen LogP contribution in [-0.2, 0) is 4.74 Å². The Kier molecular flexibility index (Phi) is 3.65. The Morgan fingerprint density at radius 3 is 3.00 bits per heavy atom. The van der Waals surface area contributed by atoms with Gasteiger partial charge in [-0.2, -0.15) is 0 Å². The molecular weight excluding hydrogens is 288 g/mol. The third-order valence-electron chi connectivity index (χ3n) is 3.46. The highest BCUT2D eigenvalue weighted by Crippen LogP contribution is 2.37. The van der Waals surface area contributed by atoms with Crippen LogP contribution in [0.4, 0.5) is 5.82 Å². The Bertz CT molecular complexity index is 523. The average molecular weight is 303 g/mol. The fourth-order valence-corrected chi connectivity index (χ4v) is 2.73. The molecule has 0 bridgehead atoms. The maximum Gasteiger partial charge on any atom is 0.156 e. The number of alkyl halides is 1. The summed E-state index contributed by atoms with van der Waals surface area (Å²) in [5, 5.41) is 31.1. The van der Waals surface area contributed by atoms with Crippen molar-refractivity contribution in [1.29, 1.82) is 0 Å². The fraction of sp³-hybridized carbons (Fsp3) is 0.636. The number of hydrogen-bond acceptors (Lipinski definition) is 7. The number of hydrogen-bond donors (Lipinski definition) is 4. The molecule has 3 heterocycles. The summed E-state index contributed by atoms with van der Waals surface area (Å²) >= 11 is 6.15. The number of aliphatic hydroxyl groups excluding tert-OH is 3. The maximum absolute atomic E-state index is 9.92. The van der Waals surface area contributed by atoms with Crippen LogP contribution >= 0.6 is 11.6 Å². The molecule has 0 amide bonds. The summed E-state index contributed by atoms with van der Waals surface area (Å²) in [7, 11) is 0. The number of anilines is 1. The number of aliphatic hydroxyl groups is 3. The minimum absolute atomic E-state index is 0.217. The molecule has 0 aromatic carbocycles. The number of fused-ring (bicyclic) bond motifs is 1. The normalized spacial score (nSPS) is 36.5. The van der Waals surface area contributed by atoms with Gasteiger partial charge in [-0.15, -0.1) is 11.6 Å². The second-order valence-electron chi connectivity index (χ2n) is 4.72. The molecule has 1 saturated heterocycles. The number of aliphatic imine (C=N–C) groups is 1. The SMILES string of the molecule is OC[C@H]1O[C@@H](n2cnc3c2NC=NC[C@H]3O)[C@@H](Cl)[C@@H]1O. The Hall–Kier alpha value is -1.19. The van der Waals surface area contributed by atoms with Gasteiger partial charge in [0.25, 0.3) is 0 Å². The maximum atomic E-state index is 9.92. The van der Waals surface area contributed by atoms with Gasteiger partial charge in [0, 0.05) is 0 Å². The van der Waals surface area contributed by atoms with Crippen molar-refractivity contribution in [2.45, 2.75) is 29.9 Å². The van der Waals surface area contributed by atoms with E-state index in [0.29, 0.717) is 11.5 Å². The smallest absolute Gasteiger partial charge is 0.156 e. The predicted molar refractivity (Wildman–Crippen MR) is 70.8 cm³/mol. The van der Waals surface area contributed by atoms with Crippen molar-refractivity contribution >= 4 is 23.8 Å². The van der Waals surface area contributed by atoms with E-state index in [-0.39, 0.29) is 13.2 Å². The molecular formula is C11H15ClN4O4. The zero-order chi connectivity index (χ0) is 14.3. The van der Waals surface area contributed by atoms with E-state index in [1.54, 1.807) is 4.57 Å². The van der Waals surface area contributed by atoms with Crippen LogP contribution in [0.25, 0.3) is 0 Å². The first kappa shape index (κ1) is 13.8. The molecule has 0 radical (unpaired) electrons. The number of halogens is 1. The van der Waals surface area contributed by atoms with E-state index in [1.807, 2.05) is 0 Å². The minimum atomic E-state index is -0.978. The van der Waals surface area contributed by atoms with Gasteiger partial charge in [0.2, 0.25) is 0 Å². The van der Waals surface area contributed by atoms with Crippen molar-refractivity contribution in [3.05, 3.63) is 12.0 Å². The summed E-state index contributed by atoms with van der Waals surface area (Å²) in [5.74, 6) is 0.514. The van der Waals surface area contributed by atoms with Crippen molar-refractivity contribution in [3.8, 4) is 0 Å². The number of aromatic nitrogens is 2. The summed E-state index contributed by atoms with van der Waals surface area (Å²) in [5.41, 5.74) is 0.442. The third-order valence-corrected chi connectivity index (χ3v) is 3.93. The highest BCUT2D eigenvalue weighted by atomic mass is 35.5. The van der Waals surface area contributed by atoms with Gasteiger partial charge in [0.1, 0.15) is 35.2 Å². The zero-order valence-corrected chi connectivity index (χ0v) is 11.2. The molecule has 0 unspecified atom stereocenters. The van der Waals surface area contributed by atoms with Crippen molar-refractivity contribution in [2.75, 3.05) is 18.5 Å². The van der Waals surface area contributed by atoms with Crippen LogP contribution in [0.1, 0.15) is 18.0 Å². The Morgan fingerprint density at radius 2 is 2.30 bits per heavy atom. The van der Waals surface area contributed by atoms with Gasteiger partial charge in [-0.3, -0.25) is 9.56 Å². The van der Waals surface area contributed by atoms with E-state index in [4.69, 9.17) is 21.4 Å². The first-order valence-electron chi connectivity index (χ1n) is 6.21. The van der Waals surface area contributed by atoms with E-state index >= 15 is 0 Å². The molecule has 5 atom stereocenters. The number of imidazole rings is 1. The van der Waals surface area contributed by atoms with E-state index in [9.17, 15) is 10.2 Å². The van der Waals surface area contributed by atoms with Gasteiger partial charge in [-0.1, -0.05) is 0 Å². The van der Waals surface area contributed by atoms with Crippen molar-refractivity contribution < 1.29 is 20.1 Å². The van der Waals surface area contributed by atoms with E-state index in [2.05, 4.69) is 15.3 Å². The Morgan fingerprint density at radius 1 is 1.50 bits per heavy atom. The Labute approximate surface area is 119 Å². The largest absolute Gasteiger partial charge is 0.394 e. The topological polar surface area (TPSA) is 112 Å². The molecule has 3 rings (SSSR count). The van der Waals surface area contributed by atoms with Gasteiger partial charge < -0.3 is 25.4 Å². The van der Waals surface area contributed by atoms with Crippen molar-refractivity contribution in [2.24, 2.45) is 4.99 Å². The average Bonchev–Trinajstić information content (AvgIpc) is 2.92. The van der Waals surface area contributed by atoms with Crippen LogP contribution in [-0.4, -0.2) is 61.9 Å². The number of nitrogens with one attached hydrogen (secondary N) is 1. The summed E-state index contributed by atoms with van der Waals surface area (Å²) in [6.07, 6.45) is -0.283. The molecule has 1 aromatic heterocycles. The number of ether oxygens (including phenoxy) is 1. The van der Waals surface area contributed by atoms with Crippen LogP contribution in [0.3, 0.4) is 0 Å². The van der Waals surface area contributed by atoms with Crippen LogP contribution in [0, 0.1) is 0 Å². The molecule has 4 N–H and O–H groups in total. The first-order valence-corrected chi connectivity index (χ1v) is 6.65. The summed E-state index contributed by atoms with van der Waals surface area (Å²) < 4.78 is 7.14. The van der Waals surface area contributed by atoms with Crippen LogP contribution in [0.5, 0.6) is 0 Å². The lowest BCUT2D eigenvalue weighted by atomic mass is 10.2. The highest BCUT2D eigenvalue weighted by molar-refractivity contribution is 6.21.